The van der Waals surface area contributed by atoms with Gasteiger partial charge in [0.05, 0.1) is 35.9 Å². The molecule has 2 fully saturated rings. The fourth-order valence-electron chi connectivity index (χ4n) is 5.33. The summed E-state index contributed by atoms with van der Waals surface area (Å²) in [6, 6.07) is 13.5. The molecular formula is C28H29ClN8. The minimum Gasteiger partial charge on any atom is -0.341 e. The quantitative estimate of drug-likeness (QED) is 0.253. The number of hydrogen-bond acceptors (Lipinski definition) is 6. The van der Waals surface area contributed by atoms with Crippen molar-refractivity contribution in [2.45, 2.75) is 37.8 Å². The Bertz CT molecular complexity index is 1510. The summed E-state index contributed by atoms with van der Waals surface area (Å²) in [5.41, 5.74) is 5.07. The highest BCUT2D eigenvalue weighted by atomic mass is 35.5. The Kier molecular flexibility index (Phi) is 6.46. The molecule has 2 aliphatic rings. The average Bonchev–Trinajstić information content (AvgIpc) is 3.75. The normalized spacial score (nSPS) is 19.4. The second-order valence-electron chi connectivity index (χ2n) is 9.73. The molecule has 0 bridgehead atoms. The first-order valence-corrected chi connectivity index (χ1v) is 12.7. The molecule has 4 N–H and O–H groups in total. The van der Waals surface area contributed by atoms with Crippen LogP contribution in [0.5, 0.6) is 0 Å². The number of nitrogens with zero attached hydrogens (tertiary/aromatic N) is 4. The molecule has 2 aromatic carbocycles. The second-order valence-corrected chi connectivity index (χ2v) is 9.73. The van der Waals surface area contributed by atoms with Crippen molar-refractivity contribution < 1.29 is 0 Å². The lowest BCUT2D eigenvalue weighted by Crippen LogP contribution is -2.14. The maximum absolute atomic E-state index is 4.65. The van der Waals surface area contributed by atoms with Gasteiger partial charge in [-0.15, -0.1) is 12.4 Å². The third-order valence-corrected chi connectivity index (χ3v) is 7.34. The number of halogens is 1. The van der Waals surface area contributed by atoms with Crippen LogP contribution in [0.3, 0.4) is 0 Å². The first-order valence-electron chi connectivity index (χ1n) is 12.7. The van der Waals surface area contributed by atoms with Gasteiger partial charge in [-0.1, -0.05) is 24.3 Å². The van der Waals surface area contributed by atoms with Crippen LogP contribution in [-0.4, -0.2) is 43.0 Å². The number of fused-ring (bicyclic) bond motifs is 1. The smallest absolute Gasteiger partial charge is 0.159 e. The van der Waals surface area contributed by atoms with E-state index in [1.54, 1.807) is 0 Å². The molecule has 37 heavy (non-hydrogen) atoms. The molecule has 8 nitrogen and oxygen atoms in total. The van der Waals surface area contributed by atoms with E-state index in [9.17, 15) is 0 Å². The summed E-state index contributed by atoms with van der Waals surface area (Å²) in [7, 11) is 0. The monoisotopic (exact) mass is 512 g/mol. The Morgan fingerprint density at radius 1 is 0.595 bits per heavy atom. The second kappa shape index (κ2) is 10.0. The molecule has 5 heterocycles. The van der Waals surface area contributed by atoms with Crippen LogP contribution >= 0.6 is 12.4 Å². The van der Waals surface area contributed by atoms with Crippen LogP contribution < -0.4 is 10.6 Å². The lowest BCUT2D eigenvalue weighted by Gasteiger charge is -2.07. The molecule has 2 aliphatic heterocycles. The number of aromatic amines is 2. The van der Waals surface area contributed by atoms with E-state index in [1.807, 2.05) is 24.8 Å². The van der Waals surface area contributed by atoms with Gasteiger partial charge in [0.25, 0.3) is 0 Å². The number of rotatable bonds is 5. The van der Waals surface area contributed by atoms with Crippen molar-refractivity contribution in [3.05, 3.63) is 72.8 Å². The van der Waals surface area contributed by atoms with Gasteiger partial charge in [0.15, 0.2) is 5.82 Å². The van der Waals surface area contributed by atoms with E-state index < -0.39 is 0 Å². The highest BCUT2D eigenvalue weighted by molar-refractivity contribution is 5.89. The molecule has 0 amide bonds. The number of hydrogen-bond donors (Lipinski definition) is 4. The third-order valence-electron chi connectivity index (χ3n) is 7.34. The van der Waals surface area contributed by atoms with Crippen LogP contribution in [-0.2, 0) is 0 Å². The van der Waals surface area contributed by atoms with E-state index in [-0.39, 0.29) is 12.4 Å². The number of imidazole rings is 2. The average molecular weight is 513 g/mol. The highest BCUT2D eigenvalue weighted by Crippen LogP contribution is 2.29. The van der Waals surface area contributed by atoms with Crippen molar-refractivity contribution in [1.29, 1.82) is 0 Å². The predicted octanol–water partition coefficient (Wildman–Crippen LogP) is 5.35. The molecule has 3 aromatic heterocycles. The topological polar surface area (TPSA) is 107 Å². The van der Waals surface area contributed by atoms with Gasteiger partial charge in [-0.3, -0.25) is 0 Å². The number of nitrogens with one attached hydrogen (secondary N) is 4. The van der Waals surface area contributed by atoms with E-state index in [0.717, 1.165) is 71.0 Å². The van der Waals surface area contributed by atoms with Gasteiger partial charge >= 0.3 is 0 Å². The maximum atomic E-state index is 4.65. The van der Waals surface area contributed by atoms with Crippen LogP contribution in [0.4, 0.5) is 0 Å². The molecule has 0 saturated carbocycles. The molecule has 5 aromatic rings. The summed E-state index contributed by atoms with van der Waals surface area (Å²) < 4.78 is 0. The molecule has 2 saturated heterocycles. The number of H-pyrrole nitrogens is 2. The van der Waals surface area contributed by atoms with Crippen molar-refractivity contribution in [3.63, 3.8) is 0 Å². The SMILES string of the molecule is Cl.c1cc2cc(-c3cnc([C@@H]4CCCN4)[nH]3)ccc2cc1-c1ncc(-c2cnc([C@@H]3CCCN3)[nH]2)cn1. The molecule has 7 rings (SSSR count). The van der Waals surface area contributed by atoms with Crippen molar-refractivity contribution in [2.24, 2.45) is 0 Å². The minimum absolute atomic E-state index is 0. The van der Waals surface area contributed by atoms with Gasteiger partial charge in [0.2, 0.25) is 0 Å². The van der Waals surface area contributed by atoms with Gasteiger partial charge in [-0.25, -0.2) is 19.9 Å². The molecule has 0 spiro atoms. The van der Waals surface area contributed by atoms with E-state index in [1.165, 1.54) is 18.2 Å². The van der Waals surface area contributed by atoms with Gasteiger partial charge in [0.1, 0.15) is 11.6 Å². The first-order chi connectivity index (χ1) is 17.8. The fraction of sp³-hybridized carbons (Fsp3) is 0.286. The van der Waals surface area contributed by atoms with E-state index in [2.05, 4.69) is 76.9 Å². The van der Waals surface area contributed by atoms with Crippen LogP contribution in [0.1, 0.15) is 49.4 Å². The molecule has 0 radical (unpaired) electrons. The molecule has 9 heteroatoms. The summed E-state index contributed by atoms with van der Waals surface area (Å²) in [5, 5.41) is 9.31. The summed E-state index contributed by atoms with van der Waals surface area (Å²) in [4.78, 5) is 25.4. The van der Waals surface area contributed by atoms with Crippen molar-refractivity contribution >= 4 is 23.2 Å². The zero-order valence-electron chi connectivity index (χ0n) is 20.4. The molecule has 0 aliphatic carbocycles. The zero-order chi connectivity index (χ0) is 23.9. The van der Waals surface area contributed by atoms with Crippen molar-refractivity contribution in [2.75, 3.05) is 13.1 Å². The van der Waals surface area contributed by atoms with Gasteiger partial charge in [-0.2, -0.15) is 0 Å². The van der Waals surface area contributed by atoms with Crippen LogP contribution in [0, 0.1) is 0 Å². The molecule has 0 unspecified atom stereocenters. The minimum atomic E-state index is 0. The van der Waals surface area contributed by atoms with Crippen LogP contribution in [0.25, 0.3) is 44.7 Å². The molecular weight excluding hydrogens is 484 g/mol. The highest BCUT2D eigenvalue weighted by Gasteiger charge is 2.20. The Hall–Kier alpha value is -3.59. The van der Waals surface area contributed by atoms with E-state index in [0.29, 0.717) is 17.9 Å². The van der Waals surface area contributed by atoms with E-state index >= 15 is 0 Å². The summed E-state index contributed by atoms with van der Waals surface area (Å²) in [6.07, 6.45) is 12.2. The number of aromatic nitrogens is 6. The van der Waals surface area contributed by atoms with Crippen LogP contribution in [0.2, 0.25) is 0 Å². The maximum Gasteiger partial charge on any atom is 0.159 e. The Labute approximate surface area is 221 Å². The number of benzene rings is 2. The third kappa shape index (κ3) is 4.64. The summed E-state index contributed by atoms with van der Waals surface area (Å²) >= 11 is 0. The van der Waals surface area contributed by atoms with Gasteiger partial charge in [0, 0.05) is 29.1 Å². The summed E-state index contributed by atoms with van der Waals surface area (Å²) in [5.74, 6) is 2.73. The predicted molar refractivity (Wildman–Crippen MR) is 147 cm³/mol. The Morgan fingerprint density at radius 2 is 1.14 bits per heavy atom. The van der Waals surface area contributed by atoms with Crippen molar-refractivity contribution in [3.8, 4) is 33.9 Å². The lowest BCUT2D eigenvalue weighted by molar-refractivity contribution is 0.613. The Balaban J connectivity index is 0.00000252. The lowest BCUT2D eigenvalue weighted by atomic mass is 10.0. The summed E-state index contributed by atoms with van der Waals surface area (Å²) in [6.45, 7) is 2.11. The van der Waals surface area contributed by atoms with Crippen LogP contribution in [0.15, 0.2) is 61.2 Å². The first kappa shape index (κ1) is 23.8. The fourth-order valence-corrected chi connectivity index (χ4v) is 5.33. The van der Waals surface area contributed by atoms with Crippen molar-refractivity contribution in [1.82, 2.24) is 40.5 Å². The standard InChI is InChI=1S/C28H28N8.ClH/c1-3-22(29-9-1)27-33-15-24(35-27)19-7-5-18-12-20(8-6-17(18)11-19)26-31-13-21(14-32-26)25-16-34-28(36-25)23-4-2-10-30-23;/h5-8,11-16,22-23,29-30H,1-4,9-10H2,(H,33,35)(H,34,36);1H/t22-,23-;/m0./s1. The van der Waals surface area contributed by atoms with Gasteiger partial charge in [-0.05, 0) is 61.7 Å². The largest absolute Gasteiger partial charge is 0.341 e. The van der Waals surface area contributed by atoms with E-state index in [4.69, 9.17) is 0 Å². The van der Waals surface area contributed by atoms with Gasteiger partial charge < -0.3 is 20.6 Å². The molecule has 2 atom stereocenters. The molecule has 188 valence electrons. The zero-order valence-corrected chi connectivity index (χ0v) is 21.2. The Morgan fingerprint density at radius 3 is 1.70 bits per heavy atom.